The van der Waals surface area contributed by atoms with E-state index in [1.54, 1.807) is 14.1 Å². The smallest absolute Gasteiger partial charge is 0.0582 e. The van der Waals surface area contributed by atoms with Gasteiger partial charge in [0.1, 0.15) is 0 Å². The molecule has 0 amide bonds. The van der Waals surface area contributed by atoms with E-state index >= 15 is 0 Å². The summed E-state index contributed by atoms with van der Waals surface area (Å²) in [6.07, 6.45) is 19.0. The van der Waals surface area contributed by atoms with Crippen LogP contribution < -0.4 is 0 Å². The van der Waals surface area contributed by atoms with E-state index in [4.69, 9.17) is 0 Å². The summed E-state index contributed by atoms with van der Waals surface area (Å²) in [5.41, 5.74) is 0.189. The second-order valence-corrected chi connectivity index (χ2v) is 7.06. The summed E-state index contributed by atoms with van der Waals surface area (Å²) < 4.78 is 4.07. The van der Waals surface area contributed by atoms with Gasteiger partial charge in [-0.15, -0.1) is 0 Å². The van der Waals surface area contributed by atoms with Crippen molar-refractivity contribution in [2.75, 3.05) is 14.1 Å². The third-order valence-electron chi connectivity index (χ3n) is 2.93. The van der Waals surface area contributed by atoms with Crippen LogP contribution in [-0.4, -0.2) is 19.6 Å². The number of rotatable bonds is 0. The molecule has 0 heterocycles. The van der Waals surface area contributed by atoms with Crippen LogP contribution in [0.1, 0.15) is 85.0 Å². The van der Waals surface area contributed by atoms with Crippen molar-refractivity contribution in [2.45, 2.75) is 90.5 Å². The molecule has 2 nitrogen and oxygen atoms in total. The number of nitrogens with zero attached hydrogens (tertiary/aromatic N) is 2. The van der Waals surface area contributed by atoms with Crippen molar-refractivity contribution in [1.29, 1.82) is 0 Å². The largest absolute Gasteiger partial charge is 0.668 e. The molecule has 0 spiro atoms. The first kappa shape index (κ1) is 23.8. The van der Waals surface area contributed by atoms with E-state index in [0.717, 1.165) is 0 Å². The van der Waals surface area contributed by atoms with Crippen LogP contribution in [0.3, 0.4) is 0 Å². The standard InChI is InChI=1S/2C6H11.C4H9N.C2H6N.Nb/c2*1-2-4-6-5-3-1;1-4(2,3)5;1-3-2;/h2*1H,2-6H2;1-3H3;1-2H3;/q2*-1;;-1;. The molecule has 3 heteroatoms. The van der Waals surface area contributed by atoms with Crippen molar-refractivity contribution in [1.82, 2.24) is 0 Å². The van der Waals surface area contributed by atoms with Crippen LogP contribution in [0.25, 0.3) is 5.32 Å². The summed E-state index contributed by atoms with van der Waals surface area (Å²) in [4.78, 5) is 0. The fraction of sp³-hybridized carbons (Fsp3) is 0.889. The van der Waals surface area contributed by atoms with Crippen molar-refractivity contribution >= 4 is 0 Å². The minimum atomic E-state index is 0.189. The van der Waals surface area contributed by atoms with Crippen molar-refractivity contribution in [3.05, 3.63) is 18.2 Å². The van der Waals surface area contributed by atoms with E-state index in [9.17, 15) is 0 Å². The van der Waals surface area contributed by atoms with Crippen LogP contribution in [0.4, 0.5) is 0 Å². The van der Waals surface area contributed by atoms with E-state index in [1.165, 1.54) is 85.1 Å². The van der Waals surface area contributed by atoms with Gasteiger partial charge in [-0.3, -0.25) is 0 Å². The van der Waals surface area contributed by atoms with Gasteiger partial charge in [0.2, 0.25) is 0 Å². The fourth-order valence-corrected chi connectivity index (χ4v) is 1.80. The van der Waals surface area contributed by atoms with E-state index < -0.39 is 0 Å². The SMILES string of the molecule is CC(C)(C)[N]=[Nb].C[N-]C.[CH-]1CCCCC1.[CH-]1CCCCC1. The van der Waals surface area contributed by atoms with Gasteiger partial charge in [0.15, 0.2) is 0 Å². The summed E-state index contributed by atoms with van der Waals surface area (Å²) in [5.74, 6) is 0. The minimum Gasteiger partial charge on any atom is -0.668 e. The predicted molar refractivity (Wildman–Crippen MR) is 92.2 cm³/mol. The summed E-state index contributed by atoms with van der Waals surface area (Å²) in [6, 6.07) is 0. The second kappa shape index (κ2) is 18.5. The monoisotopic (exact) mass is 374 g/mol. The maximum absolute atomic E-state index is 4.07. The Hall–Kier alpha value is 0.500. The normalized spacial score (nSPS) is 17.7. The molecule has 0 radical (unpaired) electrons. The molecule has 21 heavy (non-hydrogen) atoms. The van der Waals surface area contributed by atoms with E-state index in [1.807, 2.05) is 0 Å². The molecule has 0 aromatic rings. The Morgan fingerprint density at radius 3 is 1.05 bits per heavy atom. The number of hydrogen-bond acceptors (Lipinski definition) is 1. The second-order valence-electron chi connectivity index (χ2n) is 6.57. The van der Waals surface area contributed by atoms with Gasteiger partial charge in [-0.1, -0.05) is 38.5 Å². The van der Waals surface area contributed by atoms with Crippen LogP contribution in [0, 0.1) is 12.8 Å². The van der Waals surface area contributed by atoms with Crippen LogP contribution in [0.2, 0.25) is 0 Å². The Morgan fingerprint density at radius 1 is 0.762 bits per heavy atom. The van der Waals surface area contributed by atoms with Crippen LogP contribution in [0.15, 0.2) is 3.34 Å². The summed E-state index contributed by atoms with van der Waals surface area (Å²) in [5, 5.41) is 3.50. The Balaban J connectivity index is 0. The Morgan fingerprint density at radius 2 is 1.00 bits per heavy atom. The molecule has 2 aliphatic carbocycles. The van der Waals surface area contributed by atoms with Crippen LogP contribution in [0.5, 0.6) is 0 Å². The zero-order chi connectivity index (χ0) is 16.4. The molecular formula is C18H37N2Nb-3. The minimum absolute atomic E-state index is 0.189. The first-order chi connectivity index (χ1) is 9.97. The molecule has 0 aromatic heterocycles. The van der Waals surface area contributed by atoms with Gasteiger partial charge in [-0.05, 0) is 0 Å². The molecule has 0 N–H and O–H groups in total. The van der Waals surface area contributed by atoms with E-state index in [-0.39, 0.29) is 5.54 Å². The molecule has 0 unspecified atom stereocenters. The van der Waals surface area contributed by atoms with Gasteiger partial charge in [0, 0.05) is 0 Å². The Kier molecular flexibility index (Phi) is 21.0. The first-order valence-electron chi connectivity index (χ1n) is 8.45. The fourth-order valence-electron chi connectivity index (χ4n) is 1.80. The molecule has 2 rings (SSSR count). The molecule has 2 aliphatic rings. The predicted octanol–water partition coefficient (Wildman–Crippen LogP) is 6.44. The average Bonchev–Trinajstić information content (AvgIpc) is 2.52. The van der Waals surface area contributed by atoms with Gasteiger partial charge >= 0.3 is 50.5 Å². The van der Waals surface area contributed by atoms with Gasteiger partial charge in [0.25, 0.3) is 0 Å². The van der Waals surface area contributed by atoms with Crippen LogP contribution in [-0.2, 0) is 20.9 Å². The zero-order valence-electron chi connectivity index (χ0n) is 15.1. The third-order valence-corrected chi connectivity index (χ3v) is 4.41. The molecule has 0 saturated heterocycles. The van der Waals surface area contributed by atoms with E-state index in [2.05, 4.69) is 42.3 Å². The van der Waals surface area contributed by atoms with Gasteiger partial charge in [0.05, 0.1) is 0 Å². The average molecular weight is 374 g/mol. The molecule has 0 bridgehead atoms. The van der Waals surface area contributed by atoms with Crippen molar-refractivity contribution in [2.24, 2.45) is 3.34 Å². The van der Waals surface area contributed by atoms with Crippen molar-refractivity contribution in [3.8, 4) is 0 Å². The Bertz CT molecular complexity index is 157. The summed E-state index contributed by atoms with van der Waals surface area (Å²) in [7, 11) is 3.50. The quantitative estimate of drug-likeness (QED) is 0.344. The summed E-state index contributed by atoms with van der Waals surface area (Å²) in [6.45, 7) is 6.27. The summed E-state index contributed by atoms with van der Waals surface area (Å²) >= 11 is 1.52. The zero-order valence-corrected chi connectivity index (χ0v) is 17.3. The molecule has 127 valence electrons. The number of hydrogen-bond donors (Lipinski definition) is 0. The Labute approximate surface area is 147 Å². The van der Waals surface area contributed by atoms with E-state index in [0.29, 0.717) is 0 Å². The molecule has 2 fully saturated rings. The van der Waals surface area contributed by atoms with Gasteiger partial charge in [-0.25, -0.2) is 0 Å². The van der Waals surface area contributed by atoms with Crippen molar-refractivity contribution < 1.29 is 20.9 Å². The molecule has 0 atom stereocenters. The van der Waals surface area contributed by atoms with Crippen LogP contribution >= 0.6 is 0 Å². The molecule has 0 aromatic carbocycles. The molecule has 2 saturated carbocycles. The third kappa shape index (κ3) is 29.2. The molecule has 0 aliphatic heterocycles. The van der Waals surface area contributed by atoms with Gasteiger partial charge in [-0.2, -0.15) is 39.8 Å². The maximum atomic E-state index is 4.07. The van der Waals surface area contributed by atoms with Gasteiger partial charge < -0.3 is 18.2 Å². The maximum Gasteiger partial charge on any atom is -0.0582 e. The van der Waals surface area contributed by atoms with Crippen molar-refractivity contribution in [3.63, 3.8) is 0 Å². The first-order valence-corrected chi connectivity index (χ1v) is 9.43. The topological polar surface area (TPSA) is 26.5 Å². The molecular weight excluding hydrogens is 337 g/mol.